The minimum Gasteiger partial charge on any atom is -0.0616 e. The van der Waals surface area contributed by atoms with Crippen molar-refractivity contribution in [1.82, 2.24) is 0 Å². The summed E-state index contributed by atoms with van der Waals surface area (Å²) < 4.78 is 247. The third-order valence-electron chi connectivity index (χ3n) is 8.59. The second kappa shape index (κ2) is 9.64. The van der Waals surface area contributed by atoms with Crippen LogP contribution in [-0.2, 0) is 0 Å². The van der Waals surface area contributed by atoms with Gasteiger partial charge in [0.15, 0.2) is 0 Å². The Bertz CT molecular complexity index is 4570. The van der Waals surface area contributed by atoms with E-state index in [2.05, 4.69) is 0 Å². The summed E-state index contributed by atoms with van der Waals surface area (Å²) in [6, 6.07) is -21.5. The molecule has 0 N–H and O–H groups in total. The molecule has 0 heterocycles. The number of rotatable bonds is 3. The van der Waals surface area contributed by atoms with Crippen molar-refractivity contribution in [3.8, 4) is 33.4 Å². The molecule has 0 aliphatic heterocycles. The number of hydrogen-bond acceptors (Lipinski definition) is 0. The van der Waals surface area contributed by atoms with Crippen LogP contribution < -0.4 is 0 Å². The normalized spacial score (nSPS) is 20.0. The van der Waals surface area contributed by atoms with Gasteiger partial charge >= 0.3 is 0 Å². The third-order valence-corrected chi connectivity index (χ3v) is 8.59. The van der Waals surface area contributed by atoms with Gasteiger partial charge in [0.2, 0.25) is 0 Å². The molecule has 0 bridgehead atoms. The van der Waals surface area contributed by atoms with E-state index in [1.807, 2.05) is 0 Å². The van der Waals surface area contributed by atoms with E-state index < -0.39 is 234 Å². The van der Waals surface area contributed by atoms with E-state index in [9.17, 15) is 17.8 Å². The maximum atomic E-state index is 10.2. The fourth-order valence-corrected chi connectivity index (χ4v) is 6.52. The van der Waals surface area contributed by atoms with Crippen molar-refractivity contribution in [1.29, 1.82) is 0 Å². The van der Waals surface area contributed by atoms with E-state index in [4.69, 9.17) is 19.2 Å². The lowest BCUT2D eigenvalue weighted by molar-refractivity contribution is 1.61. The molecule has 220 valence electrons. The Hall–Kier alpha value is -6.24. The Morgan fingerprint density at radius 2 is 0.771 bits per heavy atom. The Morgan fingerprint density at radius 1 is 0.271 bits per heavy atom. The maximum Gasteiger partial charge on any atom is 0.0636 e. The summed E-state index contributed by atoms with van der Waals surface area (Å²) in [5.74, 6) is 0. The largest absolute Gasteiger partial charge is 0.0636 e. The fourth-order valence-electron chi connectivity index (χ4n) is 6.52. The van der Waals surface area contributed by atoms with Crippen LogP contribution in [0.15, 0.2) is 169 Å². The second-order valence-corrected chi connectivity index (χ2v) is 11.1. The average molecular weight is 632 g/mol. The van der Waals surface area contributed by atoms with Gasteiger partial charge in [-0.05, 0) is 121 Å². The summed E-state index contributed by atoms with van der Waals surface area (Å²) in [5.41, 5.74) is -4.49. The first-order valence-electron chi connectivity index (χ1n) is 28.1. The highest BCUT2D eigenvalue weighted by Crippen LogP contribution is 2.45. The van der Waals surface area contributed by atoms with Gasteiger partial charge in [0.05, 0.1) is 37.0 Å². The average Bonchev–Trinajstić information content (AvgIpc) is 3.38. The first-order chi connectivity index (χ1) is 35.1. The predicted octanol–water partition coefficient (Wildman–Crippen LogP) is 13.6. The molecule has 0 nitrogen and oxygen atoms in total. The highest BCUT2D eigenvalue weighted by molar-refractivity contribution is 6.27. The Kier molecular flexibility index (Phi) is 2.25. The fraction of sp³-hybridized carbons (Fsp3) is 0. The van der Waals surface area contributed by atoms with Crippen molar-refractivity contribution in [2.75, 3.05) is 0 Å². The summed E-state index contributed by atoms with van der Waals surface area (Å²) >= 11 is 0. The Balaban J connectivity index is 1.43. The van der Waals surface area contributed by atoms with Gasteiger partial charge in [-0.2, -0.15) is 0 Å². The summed E-state index contributed by atoms with van der Waals surface area (Å²) in [5, 5.41) is -5.77. The Labute approximate surface area is 315 Å². The highest BCUT2D eigenvalue weighted by Gasteiger charge is 2.18. The van der Waals surface area contributed by atoms with E-state index in [0.717, 1.165) is 6.07 Å². The van der Waals surface area contributed by atoms with Crippen molar-refractivity contribution >= 4 is 75.4 Å². The van der Waals surface area contributed by atoms with Gasteiger partial charge in [0, 0.05) is 0 Å². The molecule has 0 fully saturated rings. The summed E-state index contributed by atoms with van der Waals surface area (Å²) in [6.45, 7) is 0. The smallest absolute Gasteiger partial charge is 0.0616 e. The van der Waals surface area contributed by atoms with Gasteiger partial charge in [-0.25, -0.2) is 0 Å². The molecule has 11 rings (SSSR count). The predicted molar refractivity (Wildman–Crippen MR) is 208 cm³/mol. The molecule has 48 heavy (non-hydrogen) atoms. The lowest BCUT2D eigenvalue weighted by atomic mass is 9.85. The third kappa shape index (κ3) is 3.55. The lowest BCUT2D eigenvalue weighted by Crippen LogP contribution is -1.92. The zero-order valence-corrected chi connectivity index (χ0v) is 24.1. The van der Waals surface area contributed by atoms with Crippen LogP contribution in [0.3, 0.4) is 0 Å². The number of benzene rings is 11. The molecule has 0 unspecified atom stereocenters. The maximum absolute atomic E-state index is 10.2. The van der Waals surface area contributed by atoms with E-state index in [-0.39, 0.29) is 37.7 Å². The van der Waals surface area contributed by atoms with Gasteiger partial charge < -0.3 is 0 Å². The monoisotopic (exact) mass is 631 g/mol. The molecule has 0 atom stereocenters. The van der Waals surface area contributed by atoms with E-state index >= 15 is 0 Å². The second-order valence-electron chi connectivity index (χ2n) is 11.1. The van der Waals surface area contributed by atoms with E-state index in [1.165, 1.54) is 0 Å². The summed E-state index contributed by atoms with van der Waals surface area (Å²) in [4.78, 5) is 0. The van der Waals surface area contributed by atoms with Crippen LogP contribution >= 0.6 is 0 Å². The van der Waals surface area contributed by atoms with Crippen molar-refractivity contribution in [2.45, 2.75) is 0 Å². The van der Waals surface area contributed by atoms with Gasteiger partial charge in [-0.1, -0.05) is 157 Å². The van der Waals surface area contributed by atoms with Crippen LogP contribution in [0.5, 0.6) is 0 Å². The van der Waals surface area contributed by atoms with Crippen LogP contribution in [0.2, 0.25) is 0 Å². The topological polar surface area (TPSA) is 0 Å². The molecule has 0 spiro atoms. The molecule has 0 saturated carbocycles. The lowest BCUT2D eigenvalue weighted by Gasteiger charge is -2.19. The van der Waals surface area contributed by atoms with Gasteiger partial charge in [-0.15, -0.1) is 0 Å². The summed E-state index contributed by atoms with van der Waals surface area (Å²) in [6.07, 6.45) is 0. The van der Waals surface area contributed by atoms with Crippen LogP contribution in [0, 0.1) is 0 Å². The zero-order valence-electron chi connectivity index (χ0n) is 51.1. The van der Waals surface area contributed by atoms with Crippen LogP contribution in [-0.4, -0.2) is 0 Å². The minimum absolute atomic E-state index is 0.211. The van der Waals surface area contributed by atoms with Gasteiger partial charge in [-0.3, -0.25) is 0 Å². The molecule has 0 saturated heterocycles. The molecule has 0 heteroatoms. The SMILES string of the molecule is [2H]c1c([2H])c([2H])c(-c2c([2H])c([2H])c3c([2H])c([2H])c4c([2H])c([2H])c([2H])c5c([2H])cc2c3c54)c(-c2c([2H])c(-c3c([2H])c([2H])c4c([2H])c([2H])c5c([2H])c([2H])c([2H])c6c([2H])c([2H])c3c4c56)c3c([2H])c([2H])c([2H])c([2H])c3c2[2H])c1[2H]. The number of fused-ring (bicyclic) bond motifs is 1. The van der Waals surface area contributed by atoms with Gasteiger partial charge in [0.1, 0.15) is 0 Å². The Morgan fingerprint density at radius 3 is 1.48 bits per heavy atom. The molecule has 0 aliphatic carbocycles. The molecule has 0 aromatic heterocycles. The molecule has 0 amide bonds. The van der Waals surface area contributed by atoms with Crippen molar-refractivity contribution in [3.05, 3.63) is 169 Å². The van der Waals surface area contributed by atoms with E-state index in [0.29, 0.717) is 0 Å². The van der Waals surface area contributed by atoms with Crippen molar-refractivity contribution in [3.63, 3.8) is 0 Å². The minimum atomic E-state index is -1.05. The van der Waals surface area contributed by atoms with Crippen molar-refractivity contribution in [2.24, 2.45) is 0 Å². The molecular weight excluding hydrogens is 577 g/mol. The first-order valence-corrected chi connectivity index (χ1v) is 14.6. The van der Waals surface area contributed by atoms with Crippen LogP contribution in [0.4, 0.5) is 0 Å². The zero-order chi connectivity index (χ0) is 54.8. The molecule has 0 radical (unpaired) electrons. The van der Waals surface area contributed by atoms with Gasteiger partial charge in [0.25, 0.3) is 0 Å². The highest BCUT2D eigenvalue weighted by atomic mass is 14.2. The standard InChI is InChI=1S/C48H28/c1-2-12-37-35(7-1)27-36(28-44(37)41-24-20-34-18-16-30-9-6-11-32-22-26-43(41)48(34)46(30)32)38-13-3-4-14-39(38)40-23-19-33-17-15-29-8-5-10-31-21-25-42(40)47(33)45(29)31/h1-28H/i1D,2D,3D,4D,5D,6D,7D,8D,9D,10D,11D,12D,13D,14D,15D,16D,17D,18D,19D,20D,21D,22D,23D,24D,26D,27D,28D. The molecule has 11 aromatic rings. The molecule has 11 aromatic carbocycles. The summed E-state index contributed by atoms with van der Waals surface area (Å²) in [7, 11) is 0. The molecule has 0 aliphatic rings. The number of hydrogen-bond donors (Lipinski definition) is 0. The van der Waals surface area contributed by atoms with Crippen LogP contribution in [0.1, 0.15) is 37.0 Å². The van der Waals surface area contributed by atoms with Crippen LogP contribution in [0.25, 0.3) is 109 Å². The first kappa shape index (κ1) is 11.2. The molecular formula is C48H28. The van der Waals surface area contributed by atoms with E-state index in [1.54, 1.807) is 0 Å². The quantitative estimate of drug-likeness (QED) is 0.170. The van der Waals surface area contributed by atoms with Crippen molar-refractivity contribution < 1.29 is 37.0 Å².